The van der Waals surface area contributed by atoms with E-state index in [1.807, 2.05) is 0 Å². The molecule has 0 radical (unpaired) electrons. The molecule has 1 aromatic rings. The van der Waals surface area contributed by atoms with Gasteiger partial charge in [0.15, 0.2) is 0 Å². The molecule has 1 aromatic carbocycles. The van der Waals surface area contributed by atoms with Gasteiger partial charge in [0.2, 0.25) is 0 Å². The van der Waals surface area contributed by atoms with Crippen molar-refractivity contribution in [2.24, 2.45) is 0 Å². The largest absolute Gasteiger partial charge is 0.352 e. The summed E-state index contributed by atoms with van der Waals surface area (Å²) in [5.74, 6) is -1.06. The van der Waals surface area contributed by atoms with Crippen molar-refractivity contribution in [3.8, 4) is 0 Å². The van der Waals surface area contributed by atoms with Crippen LogP contribution in [0.1, 0.15) is 17.3 Å². The van der Waals surface area contributed by atoms with Gasteiger partial charge in [-0.25, -0.2) is 4.39 Å². The molecule has 0 bridgehead atoms. The van der Waals surface area contributed by atoms with Crippen molar-refractivity contribution in [1.82, 2.24) is 5.32 Å². The second kappa shape index (κ2) is 4.75. The highest BCUT2D eigenvalue weighted by Gasteiger charge is 2.13. The molecule has 2 nitrogen and oxygen atoms in total. The van der Waals surface area contributed by atoms with Gasteiger partial charge in [0.25, 0.3) is 5.91 Å². The molecule has 0 spiro atoms. The highest BCUT2D eigenvalue weighted by Crippen LogP contribution is 2.25. The Morgan fingerprint density at radius 3 is 2.86 bits per heavy atom. The summed E-state index contributed by atoms with van der Waals surface area (Å²) in [5, 5.41) is 2.75. The van der Waals surface area contributed by atoms with E-state index >= 15 is 0 Å². The Bertz CT molecular complexity index is 370. The van der Waals surface area contributed by atoms with Crippen LogP contribution in [0.25, 0.3) is 0 Å². The first-order valence-electron chi connectivity index (χ1n) is 3.99. The van der Waals surface area contributed by atoms with E-state index in [9.17, 15) is 9.18 Å². The Morgan fingerprint density at radius 2 is 2.29 bits per heavy atom. The van der Waals surface area contributed by atoms with Crippen molar-refractivity contribution in [3.63, 3.8) is 0 Å². The van der Waals surface area contributed by atoms with Crippen molar-refractivity contribution in [2.75, 3.05) is 6.54 Å². The number of nitrogens with one attached hydrogen (secondary N) is 1. The molecular weight excluding hydrogens is 272 g/mol. The molecule has 0 heterocycles. The van der Waals surface area contributed by atoms with E-state index in [-0.39, 0.29) is 10.6 Å². The lowest BCUT2D eigenvalue weighted by atomic mass is 10.2. The Morgan fingerprint density at radius 1 is 1.64 bits per heavy atom. The van der Waals surface area contributed by atoms with Crippen molar-refractivity contribution in [1.29, 1.82) is 0 Å². The fourth-order valence-corrected chi connectivity index (χ4v) is 1.45. The van der Waals surface area contributed by atoms with Crippen LogP contribution in [0.4, 0.5) is 4.39 Å². The number of hydrogen-bond donors (Lipinski definition) is 1. The minimum absolute atomic E-state index is 0.0110. The van der Waals surface area contributed by atoms with Gasteiger partial charge in [-0.1, -0.05) is 11.6 Å². The Hall–Kier alpha value is -0.610. The van der Waals surface area contributed by atoms with E-state index < -0.39 is 11.7 Å². The molecule has 1 N–H and O–H groups in total. The molecule has 5 heteroatoms. The minimum atomic E-state index is -0.621. The van der Waals surface area contributed by atoms with Gasteiger partial charge in [-0.15, -0.1) is 0 Å². The molecule has 1 amide bonds. The van der Waals surface area contributed by atoms with Crippen LogP contribution >= 0.6 is 27.5 Å². The van der Waals surface area contributed by atoms with Gasteiger partial charge in [0.05, 0.1) is 10.6 Å². The first kappa shape index (κ1) is 11.5. The fraction of sp³-hybridized carbons (Fsp3) is 0.222. The predicted molar refractivity (Wildman–Crippen MR) is 57.1 cm³/mol. The molecular formula is C9H8BrClFNO. The van der Waals surface area contributed by atoms with Gasteiger partial charge in [-0.2, -0.15) is 0 Å². The van der Waals surface area contributed by atoms with Crippen LogP contribution in [0.5, 0.6) is 0 Å². The third-order valence-electron chi connectivity index (χ3n) is 1.59. The summed E-state index contributed by atoms with van der Waals surface area (Å²) in [7, 11) is 0. The highest BCUT2D eigenvalue weighted by atomic mass is 79.9. The molecule has 0 fully saturated rings. The summed E-state index contributed by atoms with van der Waals surface area (Å²) in [4.78, 5) is 11.3. The average molecular weight is 281 g/mol. The number of benzene rings is 1. The number of amides is 1. The Kier molecular flexibility index (Phi) is 3.89. The van der Waals surface area contributed by atoms with E-state index in [4.69, 9.17) is 11.6 Å². The summed E-state index contributed by atoms with van der Waals surface area (Å²) in [6.45, 7) is 2.22. The molecule has 1 rings (SSSR count). The Labute approximate surface area is 94.6 Å². The van der Waals surface area contributed by atoms with Gasteiger partial charge in [-0.3, -0.25) is 4.79 Å². The zero-order valence-electron chi connectivity index (χ0n) is 7.40. The maximum atomic E-state index is 13.2. The summed E-state index contributed by atoms with van der Waals surface area (Å²) >= 11 is 8.77. The lowest BCUT2D eigenvalue weighted by molar-refractivity contribution is 0.0952. The SMILES string of the molecule is CCNC(=O)c1cc(Br)c(Cl)cc1F. The van der Waals surface area contributed by atoms with E-state index in [0.29, 0.717) is 11.0 Å². The number of halogens is 3. The maximum absolute atomic E-state index is 13.2. The van der Waals surface area contributed by atoms with Gasteiger partial charge >= 0.3 is 0 Å². The Balaban J connectivity index is 3.09. The summed E-state index contributed by atoms with van der Waals surface area (Å²) in [6, 6.07) is 2.47. The first-order chi connectivity index (χ1) is 6.56. The maximum Gasteiger partial charge on any atom is 0.254 e. The number of carbonyl (C=O) groups is 1. The van der Waals surface area contributed by atoms with E-state index in [2.05, 4.69) is 21.2 Å². The fourth-order valence-electron chi connectivity index (χ4n) is 0.952. The number of hydrogen-bond acceptors (Lipinski definition) is 1. The van der Waals surface area contributed by atoms with E-state index in [1.165, 1.54) is 6.07 Å². The second-order valence-corrected chi connectivity index (χ2v) is 3.87. The topological polar surface area (TPSA) is 29.1 Å². The highest BCUT2D eigenvalue weighted by molar-refractivity contribution is 9.10. The number of carbonyl (C=O) groups excluding carboxylic acids is 1. The molecule has 0 saturated carbocycles. The van der Waals surface area contributed by atoms with Crippen molar-refractivity contribution >= 4 is 33.4 Å². The first-order valence-corrected chi connectivity index (χ1v) is 5.16. The number of rotatable bonds is 2. The third-order valence-corrected chi connectivity index (χ3v) is 2.79. The second-order valence-electron chi connectivity index (χ2n) is 2.61. The molecule has 0 aromatic heterocycles. The molecule has 0 aliphatic rings. The van der Waals surface area contributed by atoms with Crippen LogP contribution < -0.4 is 5.32 Å². The van der Waals surface area contributed by atoms with Crippen LogP contribution in [0.15, 0.2) is 16.6 Å². The van der Waals surface area contributed by atoms with Gasteiger partial charge in [-0.05, 0) is 35.0 Å². The zero-order valence-corrected chi connectivity index (χ0v) is 9.75. The van der Waals surface area contributed by atoms with Gasteiger partial charge in [0, 0.05) is 11.0 Å². The van der Waals surface area contributed by atoms with Crippen LogP contribution in [0.3, 0.4) is 0 Å². The van der Waals surface area contributed by atoms with Crippen LogP contribution in [0, 0.1) is 5.82 Å². The molecule has 0 aliphatic carbocycles. The summed E-state index contributed by atoms with van der Waals surface area (Å²) in [5.41, 5.74) is -0.0110. The monoisotopic (exact) mass is 279 g/mol. The lowest BCUT2D eigenvalue weighted by Crippen LogP contribution is -2.23. The van der Waals surface area contributed by atoms with Crippen molar-refractivity contribution in [3.05, 3.63) is 33.0 Å². The van der Waals surface area contributed by atoms with E-state index in [1.54, 1.807) is 6.92 Å². The molecule has 76 valence electrons. The molecule has 0 aliphatic heterocycles. The van der Waals surface area contributed by atoms with E-state index in [0.717, 1.165) is 6.07 Å². The van der Waals surface area contributed by atoms with Gasteiger partial charge in [0.1, 0.15) is 5.82 Å². The standard InChI is InChI=1S/C9H8BrClFNO/c1-2-13-9(14)5-3-6(10)7(11)4-8(5)12/h3-4H,2H2,1H3,(H,13,14). The molecule has 14 heavy (non-hydrogen) atoms. The van der Waals surface area contributed by atoms with Gasteiger partial charge < -0.3 is 5.32 Å². The smallest absolute Gasteiger partial charge is 0.254 e. The normalized spacial score (nSPS) is 10.0. The average Bonchev–Trinajstić information content (AvgIpc) is 2.11. The molecule has 0 saturated heterocycles. The quantitative estimate of drug-likeness (QED) is 0.829. The predicted octanol–water partition coefficient (Wildman–Crippen LogP) is 2.99. The zero-order chi connectivity index (χ0) is 10.7. The van der Waals surface area contributed by atoms with Crippen LogP contribution in [0.2, 0.25) is 5.02 Å². The van der Waals surface area contributed by atoms with Crippen molar-refractivity contribution in [2.45, 2.75) is 6.92 Å². The minimum Gasteiger partial charge on any atom is -0.352 e. The summed E-state index contributed by atoms with van der Waals surface area (Å²) < 4.78 is 13.7. The lowest BCUT2D eigenvalue weighted by Gasteiger charge is -2.05. The van der Waals surface area contributed by atoms with Crippen LogP contribution in [-0.4, -0.2) is 12.5 Å². The molecule has 0 atom stereocenters. The third kappa shape index (κ3) is 2.45. The molecule has 0 unspecified atom stereocenters. The van der Waals surface area contributed by atoms with Crippen LogP contribution in [-0.2, 0) is 0 Å². The van der Waals surface area contributed by atoms with Crippen molar-refractivity contribution < 1.29 is 9.18 Å². The summed E-state index contributed by atoms with van der Waals surface area (Å²) in [6.07, 6.45) is 0.